The van der Waals surface area contributed by atoms with Crippen LogP contribution in [0.15, 0.2) is 29.0 Å². The normalized spacial score (nSPS) is 20.4. The molecule has 0 bridgehead atoms. The fraction of sp³-hybridized carbons (Fsp3) is 0.474. The number of nitrogens with zero attached hydrogens (tertiary/aromatic N) is 4. The summed E-state index contributed by atoms with van der Waals surface area (Å²) in [5, 5.41) is 9.35. The number of aromatic nitrogens is 3. The summed E-state index contributed by atoms with van der Waals surface area (Å²) < 4.78 is 5.16. The number of fused-ring (bicyclic) bond motifs is 1. The van der Waals surface area contributed by atoms with Gasteiger partial charge in [0.05, 0.1) is 12.7 Å². The Labute approximate surface area is 166 Å². The number of hydrogen-bond donors (Lipinski definition) is 0. The molecule has 0 radical (unpaired) electrons. The van der Waals surface area contributed by atoms with Crippen molar-refractivity contribution in [1.82, 2.24) is 19.2 Å². The van der Waals surface area contributed by atoms with Gasteiger partial charge in [0.1, 0.15) is 5.82 Å². The second-order valence-electron chi connectivity index (χ2n) is 7.08. The molecule has 1 aliphatic carbocycles. The molecule has 1 atom stereocenters. The Balaban J connectivity index is 1.51. The van der Waals surface area contributed by atoms with E-state index in [0.29, 0.717) is 12.0 Å². The largest absolute Gasteiger partial charge is 0.304 e. The molecule has 136 valence electrons. The van der Waals surface area contributed by atoms with Crippen molar-refractivity contribution in [1.29, 1.82) is 0 Å². The van der Waals surface area contributed by atoms with Gasteiger partial charge in [0.25, 0.3) is 0 Å². The molecule has 4 nitrogen and oxygen atoms in total. The molecule has 3 aromatic heterocycles. The molecule has 2 aliphatic rings. The van der Waals surface area contributed by atoms with Gasteiger partial charge in [-0.3, -0.25) is 4.90 Å². The predicted molar refractivity (Wildman–Crippen MR) is 110 cm³/mol. The SMILES string of the molecule is CCn1c(C2CC2)nn(CN2CCc3sccc3C2c2cccs2)c1=S. The van der Waals surface area contributed by atoms with Gasteiger partial charge in [-0.1, -0.05) is 6.07 Å². The zero-order valence-corrected chi connectivity index (χ0v) is 17.2. The van der Waals surface area contributed by atoms with Crippen molar-refractivity contribution in [2.75, 3.05) is 6.54 Å². The van der Waals surface area contributed by atoms with Gasteiger partial charge in [0.2, 0.25) is 0 Å². The van der Waals surface area contributed by atoms with E-state index in [-0.39, 0.29) is 0 Å². The third-order valence-electron chi connectivity index (χ3n) is 5.40. The Morgan fingerprint density at radius 2 is 2.12 bits per heavy atom. The Morgan fingerprint density at radius 1 is 1.23 bits per heavy atom. The molecule has 0 amide bonds. The van der Waals surface area contributed by atoms with Crippen LogP contribution in [0.1, 0.15) is 52.9 Å². The van der Waals surface area contributed by atoms with E-state index >= 15 is 0 Å². The smallest absolute Gasteiger partial charge is 0.199 e. The third kappa shape index (κ3) is 2.81. The fourth-order valence-electron chi connectivity index (χ4n) is 3.96. The van der Waals surface area contributed by atoms with Crippen LogP contribution >= 0.6 is 34.9 Å². The maximum Gasteiger partial charge on any atom is 0.199 e. The van der Waals surface area contributed by atoms with Crippen molar-refractivity contribution in [2.24, 2.45) is 0 Å². The molecular weight excluding hydrogens is 380 g/mol. The van der Waals surface area contributed by atoms with E-state index in [1.54, 1.807) is 0 Å². The van der Waals surface area contributed by atoms with Crippen LogP contribution in [0.5, 0.6) is 0 Å². The van der Waals surface area contributed by atoms with Crippen LogP contribution in [0.2, 0.25) is 0 Å². The molecule has 0 saturated heterocycles. The first-order valence-electron chi connectivity index (χ1n) is 9.27. The first-order valence-corrected chi connectivity index (χ1v) is 11.4. The van der Waals surface area contributed by atoms with Gasteiger partial charge in [-0.2, -0.15) is 5.10 Å². The summed E-state index contributed by atoms with van der Waals surface area (Å²) in [7, 11) is 0. The lowest BCUT2D eigenvalue weighted by Gasteiger charge is -2.35. The van der Waals surface area contributed by atoms with Crippen LogP contribution in [-0.4, -0.2) is 25.8 Å². The van der Waals surface area contributed by atoms with E-state index in [0.717, 1.165) is 31.0 Å². The van der Waals surface area contributed by atoms with Crippen LogP contribution in [-0.2, 0) is 19.6 Å². The fourth-order valence-corrected chi connectivity index (χ4v) is 6.06. The molecule has 1 fully saturated rings. The van der Waals surface area contributed by atoms with Crippen molar-refractivity contribution < 1.29 is 0 Å². The molecule has 0 N–H and O–H groups in total. The molecule has 3 aromatic rings. The predicted octanol–water partition coefficient (Wildman–Crippen LogP) is 5.04. The molecule has 26 heavy (non-hydrogen) atoms. The van der Waals surface area contributed by atoms with Crippen LogP contribution in [0.4, 0.5) is 0 Å². The average Bonchev–Trinajstić information content (AvgIpc) is 3.06. The molecule has 1 unspecified atom stereocenters. The molecule has 1 saturated carbocycles. The number of rotatable bonds is 5. The first kappa shape index (κ1) is 16.9. The van der Waals surface area contributed by atoms with E-state index in [9.17, 15) is 0 Å². The van der Waals surface area contributed by atoms with Crippen molar-refractivity contribution in [2.45, 2.75) is 51.4 Å². The van der Waals surface area contributed by atoms with Gasteiger partial charge in [-0.05, 0) is 66.9 Å². The summed E-state index contributed by atoms with van der Waals surface area (Å²) >= 11 is 9.50. The summed E-state index contributed by atoms with van der Waals surface area (Å²) in [5.74, 6) is 1.81. The van der Waals surface area contributed by atoms with Gasteiger partial charge >= 0.3 is 0 Å². The van der Waals surface area contributed by atoms with E-state index in [4.69, 9.17) is 17.3 Å². The zero-order chi connectivity index (χ0) is 17.7. The lowest BCUT2D eigenvalue weighted by molar-refractivity contribution is 0.158. The van der Waals surface area contributed by atoms with Gasteiger partial charge in [0.15, 0.2) is 4.77 Å². The van der Waals surface area contributed by atoms with E-state index in [1.165, 1.54) is 34.0 Å². The molecule has 7 heteroatoms. The monoisotopic (exact) mass is 402 g/mol. The summed E-state index contributed by atoms with van der Waals surface area (Å²) in [4.78, 5) is 5.48. The second kappa shape index (κ2) is 6.71. The van der Waals surface area contributed by atoms with Crippen LogP contribution in [0, 0.1) is 4.77 Å². The summed E-state index contributed by atoms with van der Waals surface area (Å²) in [6.45, 7) is 4.90. The Morgan fingerprint density at radius 3 is 2.85 bits per heavy atom. The highest BCUT2D eigenvalue weighted by atomic mass is 32.1. The van der Waals surface area contributed by atoms with Gasteiger partial charge in [0, 0.05) is 28.8 Å². The van der Waals surface area contributed by atoms with Gasteiger partial charge in [-0.25, -0.2) is 4.68 Å². The Bertz CT molecular complexity index is 961. The van der Waals surface area contributed by atoms with Crippen molar-refractivity contribution in [3.8, 4) is 0 Å². The molecular formula is C19H22N4S3. The molecule has 4 heterocycles. The molecule has 0 spiro atoms. The lowest BCUT2D eigenvalue weighted by atomic mass is 9.99. The van der Waals surface area contributed by atoms with E-state index in [2.05, 4.69) is 50.0 Å². The minimum Gasteiger partial charge on any atom is -0.304 e. The molecule has 1 aliphatic heterocycles. The summed E-state index contributed by atoms with van der Waals surface area (Å²) in [6, 6.07) is 7.04. The minimum absolute atomic E-state index is 0.322. The topological polar surface area (TPSA) is 26.0 Å². The van der Waals surface area contributed by atoms with Crippen molar-refractivity contribution in [3.63, 3.8) is 0 Å². The maximum atomic E-state index is 5.77. The first-order chi connectivity index (χ1) is 12.8. The van der Waals surface area contributed by atoms with Gasteiger partial charge < -0.3 is 4.57 Å². The van der Waals surface area contributed by atoms with E-state index < -0.39 is 0 Å². The number of thiophene rings is 2. The highest BCUT2D eigenvalue weighted by Gasteiger charge is 2.33. The van der Waals surface area contributed by atoms with Gasteiger partial charge in [-0.15, -0.1) is 22.7 Å². The van der Waals surface area contributed by atoms with Crippen LogP contribution < -0.4 is 0 Å². The standard InChI is InChI=1S/C19H22N4S3/c1-2-22-18(13-5-6-13)20-23(19(22)24)12-21-9-7-15-14(8-11-26-15)17(21)16-4-3-10-25-16/h3-4,8,10-11,13,17H,2,5-7,9,12H2,1H3. The second-order valence-corrected chi connectivity index (χ2v) is 9.42. The highest BCUT2D eigenvalue weighted by Crippen LogP contribution is 2.41. The molecule has 0 aromatic carbocycles. The van der Waals surface area contributed by atoms with Crippen molar-refractivity contribution in [3.05, 3.63) is 54.9 Å². The number of hydrogen-bond acceptors (Lipinski definition) is 5. The Hall–Kier alpha value is -1.28. The quantitative estimate of drug-likeness (QED) is 0.559. The lowest BCUT2D eigenvalue weighted by Crippen LogP contribution is -2.36. The highest BCUT2D eigenvalue weighted by molar-refractivity contribution is 7.71. The van der Waals surface area contributed by atoms with Crippen molar-refractivity contribution >= 4 is 34.9 Å². The third-order valence-corrected chi connectivity index (χ3v) is 7.76. The average molecular weight is 403 g/mol. The van der Waals surface area contributed by atoms with Crippen LogP contribution in [0.25, 0.3) is 0 Å². The molecule has 5 rings (SSSR count). The summed E-state index contributed by atoms with van der Waals surface area (Å²) in [5.41, 5.74) is 1.47. The summed E-state index contributed by atoms with van der Waals surface area (Å²) in [6.07, 6.45) is 3.63. The van der Waals surface area contributed by atoms with Crippen LogP contribution in [0.3, 0.4) is 0 Å². The maximum absolute atomic E-state index is 5.77. The minimum atomic E-state index is 0.322. The van der Waals surface area contributed by atoms with E-state index in [1.807, 2.05) is 22.7 Å². The zero-order valence-electron chi connectivity index (χ0n) is 14.8. The Kier molecular flexibility index (Phi) is 4.35.